The summed E-state index contributed by atoms with van der Waals surface area (Å²) in [4.78, 5) is 11.0. The lowest BCUT2D eigenvalue weighted by Crippen LogP contribution is -2.06. The highest BCUT2D eigenvalue weighted by Crippen LogP contribution is 2.30. The number of aliphatic hydroxyl groups excluding tert-OH is 1. The van der Waals surface area contributed by atoms with E-state index in [1.54, 1.807) is 6.07 Å². The molecule has 0 atom stereocenters. The van der Waals surface area contributed by atoms with Gasteiger partial charge in [0.05, 0.1) is 6.61 Å². The number of rotatable bonds is 6. The molecule has 0 amide bonds. The fourth-order valence-corrected chi connectivity index (χ4v) is 2.80. The van der Waals surface area contributed by atoms with Gasteiger partial charge >= 0.3 is 5.97 Å². The second-order valence-corrected chi connectivity index (χ2v) is 5.92. The van der Waals surface area contributed by atoms with Crippen molar-refractivity contribution in [3.8, 4) is 5.75 Å². The lowest BCUT2D eigenvalue weighted by atomic mass is 9.92. The summed E-state index contributed by atoms with van der Waals surface area (Å²) < 4.78 is 5.00. The van der Waals surface area contributed by atoms with Gasteiger partial charge in [-0.25, -0.2) is 0 Å². The van der Waals surface area contributed by atoms with Crippen LogP contribution < -0.4 is 0 Å². The summed E-state index contributed by atoms with van der Waals surface area (Å²) in [5.41, 5.74) is 5.32. The van der Waals surface area contributed by atoms with Crippen LogP contribution in [0.15, 0.2) is 30.3 Å². The number of phenols is 1. The largest absolute Gasteiger partial charge is 0.508 e. The summed E-state index contributed by atoms with van der Waals surface area (Å²) in [6.07, 6.45) is 1.58. The van der Waals surface area contributed by atoms with Crippen LogP contribution in [0.1, 0.15) is 47.2 Å². The molecular weight excluding hydrogens is 304 g/mol. The van der Waals surface area contributed by atoms with Crippen LogP contribution in [-0.4, -0.2) is 16.2 Å². The molecule has 0 aliphatic rings. The van der Waals surface area contributed by atoms with Crippen molar-refractivity contribution in [3.05, 3.63) is 63.7 Å². The summed E-state index contributed by atoms with van der Waals surface area (Å²) in [6, 6.07) is 9.87. The molecule has 0 heterocycles. The number of ether oxygens (including phenoxy) is 1. The second kappa shape index (κ2) is 7.97. The van der Waals surface area contributed by atoms with Crippen molar-refractivity contribution in [1.82, 2.24) is 0 Å². The molecular formula is C20H24O4. The minimum atomic E-state index is -0.392. The molecule has 2 N–H and O–H groups in total. The summed E-state index contributed by atoms with van der Waals surface area (Å²) in [7, 11) is 0. The van der Waals surface area contributed by atoms with Crippen molar-refractivity contribution < 1.29 is 19.7 Å². The van der Waals surface area contributed by atoms with E-state index >= 15 is 0 Å². The molecule has 0 spiro atoms. The molecule has 2 aromatic rings. The predicted molar refractivity (Wildman–Crippen MR) is 92.9 cm³/mol. The van der Waals surface area contributed by atoms with Crippen molar-refractivity contribution >= 4 is 5.97 Å². The zero-order valence-electron chi connectivity index (χ0n) is 14.4. The van der Waals surface area contributed by atoms with Crippen molar-refractivity contribution in [2.45, 2.75) is 46.8 Å². The van der Waals surface area contributed by atoms with Gasteiger partial charge in [0.2, 0.25) is 0 Å². The first-order valence-electron chi connectivity index (χ1n) is 8.11. The van der Waals surface area contributed by atoms with E-state index < -0.39 is 5.97 Å². The number of aromatic hydroxyl groups is 1. The Hall–Kier alpha value is -2.33. The van der Waals surface area contributed by atoms with E-state index in [0.717, 1.165) is 23.1 Å². The maximum absolute atomic E-state index is 11.0. The van der Waals surface area contributed by atoms with Gasteiger partial charge in [-0.1, -0.05) is 31.2 Å². The van der Waals surface area contributed by atoms with Crippen LogP contribution in [0.25, 0.3) is 0 Å². The summed E-state index contributed by atoms with van der Waals surface area (Å²) in [5.74, 6) is -0.234. The Morgan fingerprint density at radius 2 is 1.75 bits per heavy atom. The molecule has 4 heteroatoms. The quantitative estimate of drug-likeness (QED) is 0.798. The molecule has 0 aromatic heterocycles. The highest BCUT2D eigenvalue weighted by Gasteiger charge is 2.15. The number of esters is 1. The van der Waals surface area contributed by atoms with E-state index in [0.29, 0.717) is 17.5 Å². The van der Waals surface area contributed by atoms with Gasteiger partial charge in [-0.05, 0) is 47.2 Å². The molecule has 0 saturated carbocycles. The molecule has 0 aliphatic carbocycles. The Labute approximate surface area is 142 Å². The molecule has 2 aromatic carbocycles. The number of benzene rings is 2. The molecule has 0 aliphatic heterocycles. The molecule has 0 unspecified atom stereocenters. The third-order valence-electron chi connectivity index (χ3n) is 4.31. The van der Waals surface area contributed by atoms with E-state index in [2.05, 4.69) is 31.2 Å². The molecule has 0 bridgehead atoms. The Balaban J connectivity index is 2.33. The van der Waals surface area contributed by atoms with Crippen molar-refractivity contribution in [2.75, 3.05) is 0 Å². The monoisotopic (exact) mass is 328 g/mol. The minimum Gasteiger partial charge on any atom is -0.508 e. The van der Waals surface area contributed by atoms with Gasteiger partial charge in [0.25, 0.3) is 0 Å². The Bertz CT molecular complexity index is 717. The normalized spacial score (nSPS) is 10.7. The van der Waals surface area contributed by atoms with Crippen LogP contribution in [-0.2, 0) is 35.6 Å². The number of carbonyl (C=O) groups is 1. The van der Waals surface area contributed by atoms with Gasteiger partial charge in [-0.3, -0.25) is 4.79 Å². The van der Waals surface area contributed by atoms with Crippen LogP contribution in [0, 0.1) is 6.92 Å². The fourth-order valence-electron chi connectivity index (χ4n) is 2.80. The molecule has 4 nitrogen and oxygen atoms in total. The van der Waals surface area contributed by atoms with Crippen LogP contribution in [0.2, 0.25) is 0 Å². The molecule has 24 heavy (non-hydrogen) atoms. The maximum atomic E-state index is 11.0. The van der Waals surface area contributed by atoms with Gasteiger partial charge in [-0.2, -0.15) is 0 Å². The topological polar surface area (TPSA) is 66.8 Å². The number of carbonyl (C=O) groups excluding carboxylic acids is 1. The summed E-state index contributed by atoms with van der Waals surface area (Å²) in [5, 5.41) is 20.1. The molecule has 0 radical (unpaired) electrons. The number of hydrogen-bond donors (Lipinski definition) is 2. The molecule has 0 saturated heterocycles. The van der Waals surface area contributed by atoms with Crippen molar-refractivity contribution in [1.29, 1.82) is 0 Å². The molecule has 2 rings (SSSR count). The number of aryl methyl sites for hydroxylation is 1. The number of hydrogen-bond acceptors (Lipinski definition) is 4. The predicted octanol–water partition coefficient (Wildman–Crippen LogP) is 3.41. The fraction of sp³-hybridized carbons (Fsp3) is 0.350. The van der Waals surface area contributed by atoms with E-state index in [1.807, 2.05) is 6.92 Å². The SMILES string of the molecule is CCc1ccc(Cc2c(O)cc(COC(C)=O)c(CO)c2C)cc1. The van der Waals surface area contributed by atoms with Crippen molar-refractivity contribution in [2.24, 2.45) is 0 Å². The number of phenolic OH excluding ortho intramolecular Hbond substituents is 1. The number of aliphatic hydroxyl groups is 1. The van der Waals surface area contributed by atoms with E-state index in [-0.39, 0.29) is 19.0 Å². The Kier molecular flexibility index (Phi) is 5.99. The first kappa shape index (κ1) is 18.0. The van der Waals surface area contributed by atoms with Gasteiger partial charge in [0.1, 0.15) is 12.4 Å². The standard InChI is InChI=1S/C20H24O4/c1-4-15-5-7-16(8-6-15)9-18-13(2)19(11-21)17(10-20(18)23)12-24-14(3)22/h5-8,10,21,23H,4,9,11-12H2,1-3H3. The Morgan fingerprint density at radius 1 is 1.12 bits per heavy atom. The zero-order valence-corrected chi connectivity index (χ0v) is 14.4. The first-order valence-corrected chi connectivity index (χ1v) is 8.11. The third kappa shape index (κ3) is 4.15. The maximum Gasteiger partial charge on any atom is 0.302 e. The summed E-state index contributed by atoms with van der Waals surface area (Å²) >= 11 is 0. The highest BCUT2D eigenvalue weighted by molar-refractivity contribution is 5.66. The van der Waals surface area contributed by atoms with E-state index in [9.17, 15) is 15.0 Å². The van der Waals surface area contributed by atoms with Gasteiger partial charge in [0.15, 0.2) is 0 Å². The van der Waals surface area contributed by atoms with Gasteiger partial charge in [-0.15, -0.1) is 0 Å². The zero-order chi connectivity index (χ0) is 17.7. The average molecular weight is 328 g/mol. The lowest BCUT2D eigenvalue weighted by molar-refractivity contribution is -0.142. The smallest absolute Gasteiger partial charge is 0.302 e. The second-order valence-electron chi connectivity index (χ2n) is 5.92. The van der Waals surface area contributed by atoms with Gasteiger partial charge < -0.3 is 14.9 Å². The van der Waals surface area contributed by atoms with E-state index in [4.69, 9.17) is 4.74 Å². The first-order chi connectivity index (χ1) is 11.5. The van der Waals surface area contributed by atoms with Crippen LogP contribution >= 0.6 is 0 Å². The van der Waals surface area contributed by atoms with E-state index in [1.165, 1.54) is 12.5 Å². The molecule has 0 fully saturated rings. The molecule has 128 valence electrons. The average Bonchev–Trinajstić information content (AvgIpc) is 2.57. The highest BCUT2D eigenvalue weighted by atomic mass is 16.5. The Morgan fingerprint density at radius 3 is 2.29 bits per heavy atom. The van der Waals surface area contributed by atoms with Crippen LogP contribution in [0.4, 0.5) is 0 Å². The lowest BCUT2D eigenvalue weighted by Gasteiger charge is -2.17. The third-order valence-corrected chi connectivity index (χ3v) is 4.31. The summed E-state index contributed by atoms with van der Waals surface area (Å²) in [6.45, 7) is 5.20. The van der Waals surface area contributed by atoms with Crippen molar-refractivity contribution in [3.63, 3.8) is 0 Å². The van der Waals surface area contributed by atoms with Gasteiger partial charge in [0, 0.05) is 18.9 Å². The minimum absolute atomic E-state index is 0.0467. The van der Waals surface area contributed by atoms with Crippen LogP contribution in [0.5, 0.6) is 5.75 Å². The van der Waals surface area contributed by atoms with Crippen LogP contribution in [0.3, 0.4) is 0 Å².